The first kappa shape index (κ1) is 33.6. The van der Waals surface area contributed by atoms with Gasteiger partial charge in [-0.25, -0.2) is 9.78 Å². The summed E-state index contributed by atoms with van der Waals surface area (Å²) in [5.41, 5.74) is 3.95. The fourth-order valence-corrected chi connectivity index (χ4v) is 4.50. The monoisotopic (exact) mass is 675 g/mol. The lowest BCUT2D eigenvalue weighted by molar-refractivity contribution is 0.202. The number of fused-ring (bicyclic) bond motifs is 1. The molecule has 45 heavy (non-hydrogen) atoms. The van der Waals surface area contributed by atoms with Crippen LogP contribution < -0.4 is 20.7 Å². The zero-order valence-electron chi connectivity index (χ0n) is 24.2. The maximum Gasteiger partial charge on any atom is 0.340 e. The fraction of sp³-hybridized carbons (Fsp3) is 0.357. The Kier molecular flexibility index (Phi) is 13.4. The van der Waals surface area contributed by atoms with Crippen molar-refractivity contribution in [1.29, 1.82) is 0 Å². The number of carbonyl (C=O) groups excluding carboxylic acids is 1. The summed E-state index contributed by atoms with van der Waals surface area (Å²) in [6, 6.07) is 14.6. The highest BCUT2D eigenvalue weighted by Crippen LogP contribution is 2.34. The number of hydrogen-bond donors (Lipinski definition) is 3. The van der Waals surface area contributed by atoms with E-state index in [4.69, 9.17) is 39.5 Å². The van der Waals surface area contributed by atoms with Crippen LogP contribution >= 0.6 is 34.8 Å². The molecule has 2 heterocycles. The Labute approximate surface area is 274 Å². The summed E-state index contributed by atoms with van der Waals surface area (Å²) in [5.74, 6) is 1.24. The summed E-state index contributed by atoms with van der Waals surface area (Å²) in [4.78, 5) is 36.6. The predicted octanol–water partition coefficient (Wildman–Crippen LogP) is 6.44. The van der Waals surface area contributed by atoms with Crippen molar-refractivity contribution in [2.45, 2.75) is 19.6 Å². The van der Waals surface area contributed by atoms with Crippen molar-refractivity contribution >= 4 is 75.0 Å². The molecule has 0 unspecified atom stereocenters. The Morgan fingerprint density at radius 2 is 1.73 bits per heavy atom. The molecule has 0 fully saturated rings. The molecular weight excluding hydrogens is 645 g/mol. The van der Waals surface area contributed by atoms with Crippen molar-refractivity contribution in [1.82, 2.24) is 29.8 Å². The van der Waals surface area contributed by atoms with E-state index in [0.717, 1.165) is 21.9 Å². The summed E-state index contributed by atoms with van der Waals surface area (Å²) in [6.07, 6.45) is 2.12. The Morgan fingerprint density at radius 3 is 2.49 bits per heavy atom. The third kappa shape index (κ3) is 9.61. The van der Waals surface area contributed by atoms with Gasteiger partial charge in [-0.3, -0.25) is 0 Å². The van der Waals surface area contributed by atoms with Crippen LogP contribution in [0, 0.1) is 4.91 Å². The van der Waals surface area contributed by atoms with Gasteiger partial charge >= 0.3 is 6.03 Å². The topological polar surface area (TPSA) is 163 Å². The summed E-state index contributed by atoms with van der Waals surface area (Å²) >= 11 is 17.4. The van der Waals surface area contributed by atoms with Crippen molar-refractivity contribution in [3.8, 4) is 5.88 Å². The number of aryl methyl sites for hydroxylation is 1. The Hall–Kier alpha value is -4.27. The number of hydrogen-bond acceptors (Lipinski definition) is 11. The van der Waals surface area contributed by atoms with Crippen LogP contribution in [-0.2, 0) is 13.2 Å². The minimum atomic E-state index is -0.621. The molecule has 17 heteroatoms. The highest BCUT2D eigenvalue weighted by Gasteiger charge is 2.17. The van der Waals surface area contributed by atoms with Gasteiger partial charge in [0.05, 0.1) is 29.5 Å². The molecule has 0 saturated carbocycles. The molecule has 0 saturated heterocycles. The van der Waals surface area contributed by atoms with E-state index in [1.54, 1.807) is 10.9 Å². The van der Waals surface area contributed by atoms with Crippen LogP contribution in [0.3, 0.4) is 0 Å². The third-order valence-corrected chi connectivity index (χ3v) is 6.76. The molecule has 0 aliphatic carbocycles. The molecule has 2 aromatic heterocycles. The lowest BCUT2D eigenvalue weighted by Gasteiger charge is -2.14. The number of amides is 2. The average molecular weight is 677 g/mol. The highest BCUT2D eigenvalue weighted by atomic mass is 35.5. The van der Waals surface area contributed by atoms with Crippen molar-refractivity contribution in [2.75, 3.05) is 54.5 Å². The second-order valence-electron chi connectivity index (χ2n) is 9.32. The number of nitroso groups, excluding NO2 is 1. The van der Waals surface area contributed by atoms with E-state index >= 15 is 0 Å². The van der Waals surface area contributed by atoms with E-state index in [-0.39, 0.29) is 37.4 Å². The number of azo groups is 1. The maximum absolute atomic E-state index is 12.1. The van der Waals surface area contributed by atoms with Gasteiger partial charge in [0, 0.05) is 43.8 Å². The highest BCUT2D eigenvalue weighted by molar-refractivity contribution is 6.18. The molecule has 0 spiro atoms. The van der Waals surface area contributed by atoms with Crippen LogP contribution in [0.25, 0.3) is 11.2 Å². The molecule has 238 valence electrons. The van der Waals surface area contributed by atoms with E-state index in [1.165, 1.54) is 0 Å². The van der Waals surface area contributed by atoms with Gasteiger partial charge in [0.15, 0.2) is 11.2 Å². The standard InChI is InChI=1S/C28H32Cl3N11O3/c29-10-14-32-21-8-4-9-22(23(21)33-15-11-30)38-39-27-36-25-24(26(37-27)45-18-20-6-2-1-3-7-20)35-19-41(25)16-5-13-34-28(43)42(40-44)17-12-31/h1-4,6-9,19,32-33H,5,10-18H2,(H,34,43). The van der Waals surface area contributed by atoms with Gasteiger partial charge in [-0.15, -0.1) is 49.9 Å². The first-order valence-electron chi connectivity index (χ1n) is 14.1. The molecule has 14 nitrogen and oxygen atoms in total. The number of nitrogens with one attached hydrogen (secondary N) is 3. The molecule has 3 N–H and O–H groups in total. The molecule has 0 aliphatic rings. The van der Waals surface area contributed by atoms with Gasteiger partial charge in [0.1, 0.15) is 12.3 Å². The molecule has 0 atom stereocenters. The van der Waals surface area contributed by atoms with Crippen LogP contribution in [0.15, 0.2) is 70.4 Å². The number of ether oxygens (including phenoxy) is 1. The first-order valence-corrected chi connectivity index (χ1v) is 15.7. The van der Waals surface area contributed by atoms with Gasteiger partial charge < -0.3 is 25.3 Å². The van der Waals surface area contributed by atoms with Crippen LogP contribution in [0.2, 0.25) is 0 Å². The largest absolute Gasteiger partial charge is 0.471 e. The van der Waals surface area contributed by atoms with E-state index in [0.29, 0.717) is 54.7 Å². The number of alkyl halides is 3. The van der Waals surface area contributed by atoms with Crippen LogP contribution in [0.5, 0.6) is 5.88 Å². The van der Waals surface area contributed by atoms with Gasteiger partial charge in [-0.05, 0) is 24.1 Å². The van der Waals surface area contributed by atoms with Gasteiger partial charge in [0.2, 0.25) is 5.88 Å². The molecule has 0 aliphatic heterocycles. The number of benzene rings is 2. The van der Waals surface area contributed by atoms with Crippen LogP contribution in [0.1, 0.15) is 12.0 Å². The second-order valence-corrected chi connectivity index (χ2v) is 10.5. The van der Waals surface area contributed by atoms with Crippen LogP contribution in [-0.4, -0.2) is 74.4 Å². The molecule has 0 radical (unpaired) electrons. The van der Waals surface area contributed by atoms with E-state index in [1.807, 2.05) is 48.5 Å². The van der Waals surface area contributed by atoms with Crippen LogP contribution in [0.4, 0.5) is 27.8 Å². The number of anilines is 2. The summed E-state index contributed by atoms with van der Waals surface area (Å²) in [7, 11) is 0. The van der Waals surface area contributed by atoms with Crippen molar-refractivity contribution < 1.29 is 9.53 Å². The van der Waals surface area contributed by atoms with Crippen molar-refractivity contribution in [3.63, 3.8) is 0 Å². The number of nitrogens with zero attached hydrogens (tertiary/aromatic N) is 8. The molecule has 2 amide bonds. The summed E-state index contributed by atoms with van der Waals surface area (Å²) < 4.78 is 7.88. The van der Waals surface area contributed by atoms with E-state index in [2.05, 4.69) is 46.4 Å². The number of rotatable bonds is 18. The normalized spacial score (nSPS) is 11.1. The number of para-hydroxylation sites is 1. The molecule has 4 rings (SSSR count). The zero-order valence-corrected chi connectivity index (χ0v) is 26.5. The SMILES string of the molecule is O=NN(CCCl)C(=O)NCCCn1cnc2c(OCc3ccccc3)nc(N=Nc3cccc(NCCCl)c3NCCCl)nc21. The summed E-state index contributed by atoms with van der Waals surface area (Å²) in [5, 5.41) is 21.4. The zero-order chi connectivity index (χ0) is 31.9. The number of aromatic nitrogens is 4. The molecule has 4 aromatic rings. The number of carbonyl (C=O) groups is 1. The third-order valence-electron chi connectivity index (χ3n) is 6.22. The van der Waals surface area contributed by atoms with E-state index < -0.39 is 6.03 Å². The Balaban J connectivity index is 1.60. The molecular formula is C28H32Cl3N11O3. The maximum atomic E-state index is 12.1. The number of urea groups is 1. The van der Waals surface area contributed by atoms with Gasteiger partial charge in [-0.2, -0.15) is 15.0 Å². The number of imidazole rings is 1. The van der Waals surface area contributed by atoms with E-state index in [9.17, 15) is 9.70 Å². The molecule has 2 aromatic carbocycles. The quantitative estimate of drug-likeness (QED) is 0.0356. The minimum Gasteiger partial charge on any atom is -0.471 e. The van der Waals surface area contributed by atoms with Gasteiger partial charge in [0.25, 0.3) is 5.95 Å². The minimum absolute atomic E-state index is 0.0154. The number of halogens is 3. The Bertz CT molecular complexity index is 1570. The molecule has 0 bridgehead atoms. The predicted molar refractivity (Wildman–Crippen MR) is 176 cm³/mol. The average Bonchev–Trinajstić information content (AvgIpc) is 3.48. The second kappa shape index (κ2) is 17.9. The lowest BCUT2D eigenvalue weighted by Crippen LogP contribution is -2.38. The fourth-order valence-electron chi connectivity index (χ4n) is 4.15. The smallest absolute Gasteiger partial charge is 0.340 e. The van der Waals surface area contributed by atoms with Crippen molar-refractivity contribution in [2.24, 2.45) is 15.5 Å². The first-order chi connectivity index (χ1) is 22.1. The van der Waals surface area contributed by atoms with Gasteiger partial charge in [-0.1, -0.05) is 36.4 Å². The van der Waals surface area contributed by atoms with Crippen molar-refractivity contribution in [3.05, 3.63) is 65.3 Å². The Morgan fingerprint density at radius 1 is 0.933 bits per heavy atom. The summed E-state index contributed by atoms with van der Waals surface area (Å²) in [6.45, 7) is 2.06. The lowest BCUT2D eigenvalue weighted by atomic mass is 10.2.